The monoisotopic (exact) mass is 331 g/mol. The van der Waals surface area contributed by atoms with Crippen molar-refractivity contribution in [3.05, 3.63) is 35.4 Å². The summed E-state index contributed by atoms with van der Waals surface area (Å²) >= 11 is 1.87. The topological polar surface area (TPSA) is 55.3 Å². The summed E-state index contributed by atoms with van der Waals surface area (Å²) in [6, 6.07) is 3.51. The lowest BCUT2D eigenvalue weighted by molar-refractivity contribution is 0.241. The van der Waals surface area contributed by atoms with Gasteiger partial charge in [0.1, 0.15) is 6.61 Å². The van der Waals surface area contributed by atoms with Crippen molar-refractivity contribution in [2.45, 2.75) is 11.8 Å². The molecule has 5 nitrogen and oxygen atoms in total. The van der Waals surface area contributed by atoms with E-state index in [4.69, 9.17) is 4.74 Å². The van der Waals surface area contributed by atoms with Crippen LogP contribution >= 0.6 is 23.3 Å². The van der Waals surface area contributed by atoms with Gasteiger partial charge in [0.05, 0.1) is 0 Å². The van der Waals surface area contributed by atoms with Crippen molar-refractivity contribution in [2.75, 3.05) is 14.1 Å². The third kappa shape index (κ3) is 4.36. The Morgan fingerprint density at radius 2 is 2.14 bits per heavy atom. The Labute approximate surface area is 128 Å². The average Bonchev–Trinajstić information content (AvgIpc) is 2.87. The number of nitrogens with zero attached hydrogens (tertiary/aromatic N) is 3. The second-order valence-electron chi connectivity index (χ2n) is 4.14. The molecule has 1 amide bonds. The summed E-state index contributed by atoms with van der Waals surface area (Å²) in [7, 11) is 3.25. The SMILES string of the molecule is CN(C)C(=O)Sc1nsc(OCc2ccc(F)c(F)c2)n1. The van der Waals surface area contributed by atoms with Crippen molar-refractivity contribution in [2.24, 2.45) is 0 Å². The molecule has 2 aromatic rings. The second-order valence-corrected chi connectivity index (χ2v) is 5.78. The molecule has 0 saturated carbocycles. The number of carbonyl (C=O) groups is 1. The molecule has 9 heteroatoms. The number of ether oxygens (including phenoxy) is 1. The van der Waals surface area contributed by atoms with Crippen LogP contribution in [-0.4, -0.2) is 33.6 Å². The van der Waals surface area contributed by atoms with E-state index in [2.05, 4.69) is 9.36 Å². The van der Waals surface area contributed by atoms with E-state index in [9.17, 15) is 13.6 Å². The molecule has 0 radical (unpaired) electrons. The van der Waals surface area contributed by atoms with Gasteiger partial charge in [0, 0.05) is 37.4 Å². The fraction of sp³-hybridized carbons (Fsp3) is 0.250. The fourth-order valence-corrected chi connectivity index (χ4v) is 2.46. The van der Waals surface area contributed by atoms with Crippen LogP contribution in [-0.2, 0) is 6.61 Å². The summed E-state index contributed by atoms with van der Waals surface area (Å²) in [4.78, 5) is 16.9. The molecule has 0 fully saturated rings. The van der Waals surface area contributed by atoms with Gasteiger partial charge in [0.15, 0.2) is 11.6 Å². The molecule has 0 unspecified atom stereocenters. The first kappa shape index (κ1) is 15.6. The summed E-state index contributed by atoms with van der Waals surface area (Å²) in [5, 5.41) is 0.354. The number of amides is 1. The minimum atomic E-state index is -0.929. The Bertz CT molecular complexity index is 649. The predicted octanol–water partition coefficient (Wildman–Crippen LogP) is 3.17. The largest absolute Gasteiger partial charge is 0.464 e. The first-order valence-corrected chi connectivity index (χ1v) is 7.34. The number of hydrogen-bond donors (Lipinski definition) is 0. The fourth-order valence-electron chi connectivity index (χ4n) is 1.24. The average molecular weight is 331 g/mol. The minimum absolute atomic E-state index is 0.0398. The number of halogens is 2. The zero-order valence-corrected chi connectivity index (χ0v) is 12.8. The molecular weight excluding hydrogens is 320 g/mol. The van der Waals surface area contributed by atoms with Crippen LogP contribution in [0.5, 0.6) is 5.19 Å². The zero-order chi connectivity index (χ0) is 15.4. The van der Waals surface area contributed by atoms with Gasteiger partial charge in [0.2, 0.25) is 5.16 Å². The summed E-state index contributed by atoms with van der Waals surface area (Å²) in [5.74, 6) is -1.84. The number of hydrogen-bond acceptors (Lipinski definition) is 6. The summed E-state index contributed by atoms with van der Waals surface area (Å²) < 4.78 is 35.1. The van der Waals surface area contributed by atoms with Crippen LogP contribution in [0.2, 0.25) is 0 Å². The molecule has 0 spiro atoms. The van der Waals surface area contributed by atoms with Crippen LogP contribution in [0, 0.1) is 11.6 Å². The van der Waals surface area contributed by atoms with Gasteiger partial charge in [-0.25, -0.2) is 8.78 Å². The summed E-state index contributed by atoms with van der Waals surface area (Å²) in [6.45, 7) is 0.0398. The van der Waals surface area contributed by atoms with Crippen LogP contribution in [0.1, 0.15) is 5.56 Å². The Hall–Kier alpha value is -1.74. The van der Waals surface area contributed by atoms with Crippen molar-refractivity contribution in [1.29, 1.82) is 0 Å². The van der Waals surface area contributed by atoms with E-state index >= 15 is 0 Å². The summed E-state index contributed by atoms with van der Waals surface area (Å²) in [6.07, 6.45) is 0. The molecule has 0 N–H and O–H groups in total. The highest BCUT2D eigenvalue weighted by molar-refractivity contribution is 8.13. The normalized spacial score (nSPS) is 10.5. The minimum Gasteiger partial charge on any atom is -0.464 e. The number of carbonyl (C=O) groups excluding carboxylic acids is 1. The van der Waals surface area contributed by atoms with Crippen molar-refractivity contribution in [3.63, 3.8) is 0 Å². The van der Waals surface area contributed by atoms with Gasteiger partial charge in [-0.15, -0.1) is 0 Å². The van der Waals surface area contributed by atoms with E-state index < -0.39 is 11.6 Å². The maximum atomic E-state index is 13.0. The molecule has 0 atom stereocenters. The van der Waals surface area contributed by atoms with Gasteiger partial charge in [-0.2, -0.15) is 9.36 Å². The van der Waals surface area contributed by atoms with Crippen LogP contribution in [0.4, 0.5) is 13.6 Å². The van der Waals surface area contributed by atoms with Crippen LogP contribution in [0.3, 0.4) is 0 Å². The van der Waals surface area contributed by atoms with Gasteiger partial charge >= 0.3 is 0 Å². The van der Waals surface area contributed by atoms with E-state index in [1.807, 2.05) is 0 Å². The Morgan fingerprint density at radius 1 is 1.38 bits per heavy atom. The maximum absolute atomic E-state index is 13.0. The van der Waals surface area contributed by atoms with Crippen molar-refractivity contribution in [1.82, 2.24) is 14.3 Å². The smallest absolute Gasteiger partial charge is 0.294 e. The Morgan fingerprint density at radius 3 is 2.81 bits per heavy atom. The summed E-state index contributed by atoms with van der Waals surface area (Å²) in [5.41, 5.74) is 0.475. The highest BCUT2D eigenvalue weighted by Gasteiger charge is 2.13. The number of thioether (sulfide) groups is 1. The van der Waals surface area contributed by atoms with Crippen molar-refractivity contribution in [3.8, 4) is 5.19 Å². The van der Waals surface area contributed by atoms with E-state index in [1.54, 1.807) is 14.1 Å². The molecule has 1 aromatic heterocycles. The standard InChI is InChI=1S/C12H11F2N3O2S2/c1-17(2)12(18)20-10-15-11(21-16-10)19-6-7-3-4-8(13)9(14)5-7/h3-5H,6H2,1-2H3. The molecule has 1 aromatic carbocycles. The third-order valence-electron chi connectivity index (χ3n) is 2.28. The predicted molar refractivity (Wildman–Crippen MR) is 75.5 cm³/mol. The first-order valence-electron chi connectivity index (χ1n) is 5.75. The first-order chi connectivity index (χ1) is 9.95. The lowest BCUT2D eigenvalue weighted by Gasteiger charge is -2.06. The highest BCUT2D eigenvalue weighted by atomic mass is 32.2. The maximum Gasteiger partial charge on any atom is 0.294 e. The van der Waals surface area contributed by atoms with Gasteiger partial charge in [-0.1, -0.05) is 6.07 Å². The molecule has 112 valence electrons. The molecule has 0 aliphatic rings. The van der Waals surface area contributed by atoms with Gasteiger partial charge < -0.3 is 9.64 Å². The van der Waals surface area contributed by atoms with Gasteiger partial charge in [0.25, 0.3) is 10.4 Å². The van der Waals surface area contributed by atoms with E-state index in [1.165, 1.54) is 11.0 Å². The highest BCUT2D eigenvalue weighted by Crippen LogP contribution is 2.24. The van der Waals surface area contributed by atoms with E-state index in [0.29, 0.717) is 10.7 Å². The van der Waals surface area contributed by atoms with Crippen molar-refractivity contribution >= 4 is 28.5 Å². The van der Waals surface area contributed by atoms with E-state index in [-0.39, 0.29) is 17.0 Å². The molecule has 1 heterocycles. The lowest BCUT2D eigenvalue weighted by Crippen LogP contribution is -2.16. The Kier molecular flexibility index (Phi) is 5.07. The molecular formula is C12H11F2N3O2S2. The molecule has 21 heavy (non-hydrogen) atoms. The molecule has 2 rings (SSSR count). The number of benzene rings is 1. The quantitative estimate of drug-likeness (QED) is 0.806. The second kappa shape index (κ2) is 6.81. The lowest BCUT2D eigenvalue weighted by atomic mass is 10.2. The Balaban J connectivity index is 1.93. The number of aromatic nitrogens is 2. The van der Waals surface area contributed by atoms with Crippen LogP contribution in [0.25, 0.3) is 0 Å². The number of rotatable bonds is 4. The van der Waals surface area contributed by atoms with E-state index in [0.717, 1.165) is 35.4 Å². The van der Waals surface area contributed by atoms with Gasteiger partial charge in [-0.3, -0.25) is 4.79 Å². The van der Waals surface area contributed by atoms with Crippen molar-refractivity contribution < 1.29 is 18.3 Å². The van der Waals surface area contributed by atoms with Gasteiger partial charge in [-0.05, 0) is 17.7 Å². The third-order valence-corrected chi connectivity index (χ3v) is 3.93. The molecule has 0 aliphatic carbocycles. The molecule has 0 aliphatic heterocycles. The zero-order valence-electron chi connectivity index (χ0n) is 11.2. The molecule has 0 saturated heterocycles. The van der Waals surface area contributed by atoms with Crippen LogP contribution in [0.15, 0.2) is 23.4 Å². The van der Waals surface area contributed by atoms with Crippen LogP contribution < -0.4 is 4.74 Å². The molecule has 0 bridgehead atoms.